The molecule has 10 nitrogen and oxygen atoms in total. The van der Waals surface area contributed by atoms with Crippen molar-refractivity contribution >= 4 is 44.6 Å². The lowest BCUT2D eigenvalue weighted by atomic mass is 9.97. The Balaban J connectivity index is 1.57. The number of benzene rings is 1. The lowest BCUT2D eigenvalue weighted by molar-refractivity contribution is 0.222. The quantitative estimate of drug-likeness (QED) is 0.293. The molecule has 0 aliphatic carbocycles. The zero-order chi connectivity index (χ0) is 27.3. The van der Waals surface area contributed by atoms with Crippen molar-refractivity contribution in [1.29, 1.82) is 0 Å². The first-order chi connectivity index (χ1) is 18.8. The maximum Gasteiger partial charge on any atom is 0.316 e. The smallest absolute Gasteiger partial charge is 0.316 e. The molecule has 0 radical (unpaired) electrons. The minimum Gasteiger partial charge on any atom is -0.461 e. The first kappa shape index (κ1) is 25.0. The summed E-state index contributed by atoms with van der Waals surface area (Å²) < 4.78 is 8.87. The number of thiazole rings is 1. The normalized spacial score (nSPS) is 12.4. The van der Waals surface area contributed by atoms with Gasteiger partial charge in [-0.15, -0.1) is 11.3 Å². The highest BCUT2D eigenvalue weighted by Gasteiger charge is 2.26. The Kier molecular flexibility index (Phi) is 6.24. The van der Waals surface area contributed by atoms with Crippen molar-refractivity contribution in [1.82, 2.24) is 34.1 Å². The molecule has 39 heavy (non-hydrogen) atoms. The summed E-state index contributed by atoms with van der Waals surface area (Å²) in [6, 6.07) is 11.4. The van der Waals surface area contributed by atoms with Gasteiger partial charge in [-0.05, 0) is 38.0 Å². The Morgan fingerprint density at radius 3 is 2.49 bits per heavy atom. The van der Waals surface area contributed by atoms with Gasteiger partial charge in [-0.25, -0.2) is 24.6 Å². The molecule has 6 rings (SSSR count). The lowest BCUT2D eigenvalue weighted by Crippen LogP contribution is -2.20. The predicted molar refractivity (Wildman–Crippen MR) is 152 cm³/mol. The zero-order valence-electron chi connectivity index (χ0n) is 21.2. The van der Waals surface area contributed by atoms with Crippen molar-refractivity contribution in [2.75, 3.05) is 5.73 Å². The van der Waals surface area contributed by atoms with Gasteiger partial charge >= 0.3 is 6.01 Å². The summed E-state index contributed by atoms with van der Waals surface area (Å²) in [5.74, 6) is 0.278. The molecule has 0 saturated carbocycles. The molecule has 6 aromatic rings. The van der Waals surface area contributed by atoms with Gasteiger partial charge in [0.2, 0.25) is 0 Å². The summed E-state index contributed by atoms with van der Waals surface area (Å²) in [6.07, 6.45) is 4.61. The van der Waals surface area contributed by atoms with E-state index in [-0.39, 0.29) is 23.5 Å². The number of nitrogens with two attached hydrogens (primary N) is 1. The number of halogens is 1. The fraction of sp³-hybridized carbons (Fsp3) is 0.185. The molecule has 12 heteroatoms. The second kappa shape index (κ2) is 9.75. The highest BCUT2D eigenvalue weighted by molar-refractivity contribution is 7.16. The molecule has 0 amide bonds. The molecule has 0 unspecified atom stereocenters. The number of aromatic nitrogens is 7. The van der Waals surface area contributed by atoms with Gasteiger partial charge in [0.05, 0.1) is 23.1 Å². The number of nitrogens with zero attached hydrogens (tertiary/aromatic N) is 7. The minimum atomic E-state index is -0.409. The van der Waals surface area contributed by atoms with Crippen LogP contribution >= 0.6 is 22.9 Å². The van der Waals surface area contributed by atoms with E-state index in [9.17, 15) is 4.79 Å². The van der Waals surface area contributed by atoms with E-state index in [1.165, 1.54) is 22.1 Å². The average Bonchev–Trinajstić information content (AvgIpc) is 3.50. The molecule has 5 heterocycles. The SMILES string of the molecule is CC(C)Oc1ncc(-c2nn([C@@H](C)c3cc4scc(Cl)n4c(=O)c3-c3ccccc3)c3ncnc(N)c23)cn1. The van der Waals surface area contributed by atoms with E-state index in [2.05, 4.69) is 19.9 Å². The van der Waals surface area contributed by atoms with Crippen LogP contribution in [0.4, 0.5) is 5.82 Å². The molecule has 0 aliphatic heterocycles. The summed E-state index contributed by atoms with van der Waals surface area (Å²) >= 11 is 7.80. The summed E-state index contributed by atoms with van der Waals surface area (Å²) in [5.41, 5.74) is 9.90. The molecule has 0 aliphatic rings. The van der Waals surface area contributed by atoms with Gasteiger partial charge < -0.3 is 10.5 Å². The van der Waals surface area contributed by atoms with Gasteiger partial charge in [0.25, 0.3) is 5.56 Å². The van der Waals surface area contributed by atoms with Gasteiger partial charge in [0, 0.05) is 23.3 Å². The Morgan fingerprint density at radius 2 is 1.77 bits per heavy atom. The molecule has 1 atom stereocenters. The second-order valence-corrected chi connectivity index (χ2v) is 10.5. The molecule has 0 bridgehead atoms. The minimum absolute atomic E-state index is 0.0563. The van der Waals surface area contributed by atoms with Crippen LogP contribution in [-0.2, 0) is 0 Å². The first-order valence-corrected chi connectivity index (χ1v) is 13.4. The number of ether oxygens (including phenoxy) is 1. The molecule has 196 valence electrons. The van der Waals surface area contributed by atoms with Gasteiger partial charge in [0.15, 0.2) is 5.65 Å². The standard InChI is InChI=1S/C27H23ClN8O2S/c1-14(2)38-27-30-10-17(11-31-27)23-22-24(29)32-13-33-25(22)36(34-23)15(3)18-9-20-35(19(28)12-39-20)26(37)21(18)16-7-5-4-6-8-16/h4-15H,1-3H3,(H2,29,32,33)/t15-/m0/s1. The maximum atomic E-state index is 13.8. The van der Waals surface area contributed by atoms with Crippen molar-refractivity contribution in [2.45, 2.75) is 32.9 Å². The van der Waals surface area contributed by atoms with Crippen LogP contribution in [0, 0.1) is 0 Å². The van der Waals surface area contributed by atoms with Crippen molar-refractivity contribution in [3.05, 3.63) is 81.6 Å². The van der Waals surface area contributed by atoms with Gasteiger partial charge in [0.1, 0.15) is 27.8 Å². The second-order valence-electron chi connectivity index (χ2n) is 9.23. The van der Waals surface area contributed by atoms with Crippen molar-refractivity contribution in [3.8, 4) is 28.4 Å². The number of anilines is 1. The van der Waals surface area contributed by atoms with Crippen molar-refractivity contribution < 1.29 is 4.74 Å². The fourth-order valence-corrected chi connectivity index (χ4v) is 5.75. The van der Waals surface area contributed by atoms with E-state index in [0.29, 0.717) is 33.0 Å². The van der Waals surface area contributed by atoms with Crippen LogP contribution in [0.5, 0.6) is 6.01 Å². The number of hydrogen-bond acceptors (Lipinski definition) is 9. The number of nitrogen functional groups attached to an aromatic ring is 1. The fourth-order valence-electron chi connectivity index (χ4n) is 4.59. The molecular formula is C27H23ClN8O2S. The van der Waals surface area contributed by atoms with Crippen LogP contribution in [0.2, 0.25) is 5.15 Å². The maximum absolute atomic E-state index is 13.8. The van der Waals surface area contributed by atoms with Crippen LogP contribution < -0.4 is 16.0 Å². The monoisotopic (exact) mass is 558 g/mol. The predicted octanol–water partition coefficient (Wildman–Crippen LogP) is 5.26. The molecule has 0 saturated heterocycles. The van der Waals surface area contributed by atoms with E-state index < -0.39 is 6.04 Å². The Morgan fingerprint density at radius 1 is 1.03 bits per heavy atom. The highest BCUT2D eigenvalue weighted by Crippen LogP contribution is 2.36. The van der Waals surface area contributed by atoms with Crippen molar-refractivity contribution in [3.63, 3.8) is 0 Å². The Hall–Kier alpha value is -4.35. The first-order valence-electron chi connectivity index (χ1n) is 12.2. The number of fused-ring (bicyclic) bond motifs is 2. The van der Waals surface area contributed by atoms with Crippen LogP contribution in [0.15, 0.2) is 65.3 Å². The van der Waals surface area contributed by atoms with Gasteiger partial charge in [-0.1, -0.05) is 41.9 Å². The molecule has 1 aromatic carbocycles. The summed E-state index contributed by atoms with van der Waals surface area (Å²) in [6.45, 7) is 5.78. The molecule has 0 spiro atoms. The third-order valence-electron chi connectivity index (χ3n) is 6.34. The van der Waals surface area contributed by atoms with E-state index in [1.54, 1.807) is 22.5 Å². The number of hydrogen-bond donors (Lipinski definition) is 1. The van der Waals surface area contributed by atoms with E-state index in [4.69, 9.17) is 27.2 Å². The third kappa shape index (κ3) is 4.29. The van der Waals surface area contributed by atoms with E-state index in [1.807, 2.05) is 57.2 Å². The number of pyridine rings is 1. The molecule has 0 fully saturated rings. The molecular weight excluding hydrogens is 536 g/mol. The summed E-state index contributed by atoms with van der Waals surface area (Å²) in [4.78, 5) is 31.9. The van der Waals surface area contributed by atoms with Crippen LogP contribution in [-0.4, -0.2) is 40.2 Å². The van der Waals surface area contributed by atoms with Crippen LogP contribution in [0.1, 0.15) is 32.4 Å². The van der Waals surface area contributed by atoms with E-state index in [0.717, 1.165) is 16.0 Å². The zero-order valence-corrected chi connectivity index (χ0v) is 22.8. The Bertz CT molecular complexity index is 1880. The van der Waals surface area contributed by atoms with Crippen LogP contribution in [0.25, 0.3) is 38.2 Å². The third-order valence-corrected chi connectivity index (χ3v) is 7.63. The van der Waals surface area contributed by atoms with E-state index >= 15 is 0 Å². The summed E-state index contributed by atoms with van der Waals surface area (Å²) in [7, 11) is 0. The molecule has 2 N–H and O–H groups in total. The largest absolute Gasteiger partial charge is 0.461 e. The van der Waals surface area contributed by atoms with Gasteiger partial charge in [-0.2, -0.15) is 5.10 Å². The van der Waals surface area contributed by atoms with Gasteiger partial charge in [-0.3, -0.25) is 9.20 Å². The van der Waals surface area contributed by atoms with Crippen molar-refractivity contribution in [2.24, 2.45) is 0 Å². The summed E-state index contributed by atoms with van der Waals surface area (Å²) in [5, 5.41) is 7.61. The van der Waals surface area contributed by atoms with Crippen LogP contribution in [0.3, 0.4) is 0 Å². The highest BCUT2D eigenvalue weighted by atomic mass is 35.5. The number of rotatable bonds is 6. The Labute approximate surface area is 231 Å². The topological polar surface area (TPSA) is 126 Å². The average molecular weight is 559 g/mol. The lowest BCUT2D eigenvalue weighted by Gasteiger charge is -2.18. The molecule has 5 aromatic heterocycles.